The highest BCUT2D eigenvalue weighted by Crippen LogP contribution is 2.27. The van der Waals surface area contributed by atoms with Crippen molar-refractivity contribution in [1.82, 2.24) is 28.7 Å². The molecule has 5 rings (SSSR count). The molecule has 0 fully saturated rings. The molecule has 0 aliphatic carbocycles. The molecule has 3 aromatic heterocycles. The van der Waals surface area contributed by atoms with Crippen LogP contribution in [0.15, 0.2) is 48.0 Å². The minimum absolute atomic E-state index is 0.711. The molecule has 25 heavy (non-hydrogen) atoms. The lowest BCUT2D eigenvalue weighted by atomic mass is 10.3. The zero-order valence-corrected chi connectivity index (χ0v) is 14.8. The van der Waals surface area contributed by atoms with Gasteiger partial charge in [0.15, 0.2) is 16.8 Å². The summed E-state index contributed by atoms with van der Waals surface area (Å²) in [6, 6.07) is 8.24. The average Bonchev–Trinajstić information content (AvgIpc) is 3.36. The van der Waals surface area contributed by atoms with Gasteiger partial charge in [0, 0.05) is 37.4 Å². The SMILES string of the molecule is CCn1c(-c2nccn2Cc2cn3c(n2)SCC3)nc2ccccc21. The number of imidazole rings is 3. The van der Waals surface area contributed by atoms with Crippen molar-refractivity contribution < 1.29 is 0 Å². The Morgan fingerprint density at radius 1 is 1.16 bits per heavy atom. The number of benzene rings is 1. The lowest BCUT2D eigenvalue weighted by Crippen LogP contribution is -2.06. The van der Waals surface area contributed by atoms with Crippen LogP contribution in [-0.2, 0) is 19.6 Å². The zero-order valence-electron chi connectivity index (χ0n) is 14.0. The molecule has 0 amide bonds. The molecule has 1 aromatic carbocycles. The summed E-state index contributed by atoms with van der Waals surface area (Å²) in [6.45, 7) is 4.76. The van der Waals surface area contributed by atoms with E-state index in [2.05, 4.69) is 50.0 Å². The molecule has 0 unspecified atom stereocenters. The second-order valence-electron chi connectivity index (χ2n) is 6.10. The fourth-order valence-corrected chi connectivity index (χ4v) is 4.38. The van der Waals surface area contributed by atoms with Gasteiger partial charge >= 0.3 is 0 Å². The molecule has 1 aliphatic heterocycles. The van der Waals surface area contributed by atoms with E-state index in [9.17, 15) is 0 Å². The fraction of sp³-hybridized carbons (Fsp3) is 0.278. The van der Waals surface area contributed by atoms with Crippen LogP contribution >= 0.6 is 11.8 Å². The van der Waals surface area contributed by atoms with Crippen LogP contribution in [0.1, 0.15) is 12.6 Å². The smallest absolute Gasteiger partial charge is 0.177 e. The topological polar surface area (TPSA) is 53.5 Å². The van der Waals surface area contributed by atoms with Crippen molar-refractivity contribution in [1.29, 1.82) is 0 Å². The first-order chi connectivity index (χ1) is 12.3. The molecule has 1 aliphatic rings. The number of rotatable bonds is 4. The van der Waals surface area contributed by atoms with Crippen molar-refractivity contribution in [3.05, 3.63) is 48.5 Å². The van der Waals surface area contributed by atoms with E-state index < -0.39 is 0 Å². The predicted molar refractivity (Wildman–Crippen MR) is 98.7 cm³/mol. The highest BCUT2D eigenvalue weighted by atomic mass is 32.2. The van der Waals surface area contributed by atoms with Gasteiger partial charge in [-0.3, -0.25) is 0 Å². The quantitative estimate of drug-likeness (QED) is 0.567. The Morgan fingerprint density at radius 2 is 2.08 bits per heavy atom. The van der Waals surface area contributed by atoms with Crippen LogP contribution in [-0.4, -0.2) is 34.4 Å². The molecule has 0 spiro atoms. The van der Waals surface area contributed by atoms with Crippen LogP contribution in [0.3, 0.4) is 0 Å². The third-order valence-electron chi connectivity index (χ3n) is 4.57. The zero-order chi connectivity index (χ0) is 16.8. The van der Waals surface area contributed by atoms with E-state index in [0.29, 0.717) is 6.54 Å². The van der Waals surface area contributed by atoms with Gasteiger partial charge in [0.25, 0.3) is 0 Å². The molecule has 0 N–H and O–H groups in total. The van der Waals surface area contributed by atoms with Crippen LogP contribution in [0, 0.1) is 0 Å². The summed E-state index contributed by atoms with van der Waals surface area (Å²) < 4.78 is 6.59. The number of hydrogen-bond donors (Lipinski definition) is 0. The van der Waals surface area contributed by atoms with Gasteiger partial charge in [-0.05, 0) is 19.1 Å². The maximum Gasteiger partial charge on any atom is 0.177 e. The Labute approximate surface area is 149 Å². The van der Waals surface area contributed by atoms with E-state index in [0.717, 1.165) is 52.4 Å². The summed E-state index contributed by atoms with van der Waals surface area (Å²) >= 11 is 1.82. The van der Waals surface area contributed by atoms with Crippen LogP contribution < -0.4 is 0 Å². The van der Waals surface area contributed by atoms with Gasteiger partial charge in [-0.1, -0.05) is 23.9 Å². The molecular weight excluding hydrogens is 332 g/mol. The molecular formula is C18H18N6S. The van der Waals surface area contributed by atoms with Gasteiger partial charge in [-0.15, -0.1) is 0 Å². The summed E-state index contributed by atoms with van der Waals surface area (Å²) in [5.41, 5.74) is 3.22. The monoisotopic (exact) mass is 350 g/mol. The van der Waals surface area contributed by atoms with Gasteiger partial charge < -0.3 is 13.7 Å². The first-order valence-corrected chi connectivity index (χ1v) is 9.47. The summed E-state index contributed by atoms with van der Waals surface area (Å²) in [7, 11) is 0. The molecule has 0 bridgehead atoms. The van der Waals surface area contributed by atoms with Crippen LogP contribution in [0.5, 0.6) is 0 Å². The van der Waals surface area contributed by atoms with Crippen molar-refractivity contribution in [3.8, 4) is 11.6 Å². The number of nitrogens with zero attached hydrogens (tertiary/aromatic N) is 6. The Morgan fingerprint density at radius 3 is 2.96 bits per heavy atom. The van der Waals surface area contributed by atoms with Crippen LogP contribution in [0.25, 0.3) is 22.7 Å². The first kappa shape index (κ1) is 14.8. The third kappa shape index (κ3) is 2.38. The number of aromatic nitrogens is 6. The van der Waals surface area contributed by atoms with Gasteiger partial charge in [-0.2, -0.15) is 0 Å². The number of hydrogen-bond acceptors (Lipinski definition) is 4. The number of fused-ring (bicyclic) bond motifs is 2. The maximum absolute atomic E-state index is 4.83. The third-order valence-corrected chi connectivity index (χ3v) is 5.54. The molecule has 126 valence electrons. The second kappa shape index (κ2) is 5.77. The number of para-hydroxylation sites is 2. The number of thioether (sulfide) groups is 1. The van der Waals surface area contributed by atoms with Crippen molar-refractivity contribution in [3.63, 3.8) is 0 Å². The molecule has 0 atom stereocenters. The van der Waals surface area contributed by atoms with Crippen molar-refractivity contribution in [2.75, 3.05) is 5.75 Å². The van der Waals surface area contributed by atoms with E-state index in [4.69, 9.17) is 9.97 Å². The first-order valence-electron chi connectivity index (χ1n) is 8.49. The van der Waals surface area contributed by atoms with Crippen molar-refractivity contribution in [2.45, 2.75) is 31.7 Å². The van der Waals surface area contributed by atoms with Crippen molar-refractivity contribution in [2.24, 2.45) is 0 Å². The van der Waals surface area contributed by atoms with Gasteiger partial charge in [0.1, 0.15) is 0 Å². The Kier molecular flexibility index (Phi) is 3.41. The van der Waals surface area contributed by atoms with Gasteiger partial charge in [0.05, 0.1) is 23.3 Å². The van der Waals surface area contributed by atoms with E-state index in [1.807, 2.05) is 30.2 Å². The fourth-order valence-electron chi connectivity index (χ4n) is 3.42. The van der Waals surface area contributed by atoms with Gasteiger partial charge in [-0.25, -0.2) is 15.0 Å². The lowest BCUT2D eigenvalue weighted by molar-refractivity contribution is 0.719. The highest BCUT2D eigenvalue weighted by molar-refractivity contribution is 7.99. The summed E-state index contributed by atoms with van der Waals surface area (Å²) in [4.78, 5) is 14.2. The van der Waals surface area contributed by atoms with E-state index >= 15 is 0 Å². The molecule has 4 aromatic rings. The molecule has 0 radical (unpaired) electrons. The minimum Gasteiger partial charge on any atom is -0.325 e. The predicted octanol–water partition coefficient (Wildman–Crippen LogP) is 3.27. The molecule has 6 nitrogen and oxygen atoms in total. The molecule has 7 heteroatoms. The standard InChI is InChI=1S/C18H18N6S/c1-2-24-15-6-4-3-5-14(15)21-17(24)16-19-7-8-22(16)11-13-12-23-9-10-25-18(23)20-13/h3-8,12H,2,9-11H2,1H3. The van der Waals surface area contributed by atoms with E-state index in [1.165, 1.54) is 0 Å². The minimum atomic E-state index is 0.711. The maximum atomic E-state index is 4.83. The summed E-state index contributed by atoms with van der Waals surface area (Å²) in [5.74, 6) is 2.92. The molecule has 4 heterocycles. The Bertz CT molecular complexity index is 1040. The normalized spacial score (nSPS) is 13.6. The summed E-state index contributed by atoms with van der Waals surface area (Å²) in [5, 5.41) is 1.12. The largest absolute Gasteiger partial charge is 0.325 e. The molecule has 0 saturated carbocycles. The van der Waals surface area contributed by atoms with E-state index in [1.54, 1.807) is 0 Å². The van der Waals surface area contributed by atoms with Crippen LogP contribution in [0.2, 0.25) is 0 Å². The Hall–Kier alpha value is -2.54. The second-order valence-corrected chi connectivity index (χ2v) is 7.17. The summed E-state index contributed by atoms with van der Waals surface area (Å²) in [6.07, 6.45) is 6.00. The van der Waals surface area contributed by atoms with E-state index in [-0.39, 0.29) is 0 Å². The van der Waals surface area contributed by atoms with Crippen molar-refractivity contribution >= 4 is 22.8 Å². The number of aryl methyl sites for hydroxylation is 2. The molecule has 0 saturated heterocycles. The average molecular weight is 350 g/mol. The van der Waals surface area contributed by atoms with Crippen LogP contribution in [0.4, 0.5) is 0 Å². The van der Waals surface area contributed by atoms with Gasteiger partial charge in [0.2, 0.25) is 0 Å². The lowest BCUT2D eigenvalue weighted by Gasteiger charge is -2.08. The highest BCUT2D eigenvalue weighted by Gasteiger charge is 2.18. The Balaban J connectivity index is 1.56.